The fourth-order valence-electron chi connectivity index (χ4n) is 5.40. The molecule has 1 aliphatic rings. The van der Waals surface area contributed by atoms with Crippen molar-refractivity contribution in [2.24, 2.45) is 0 Å². The van der Waals surface area contributed by atoms with E-state index >= 15 is 0 Å². The number of aliphatic hydroxyl groups excluding tert-OH is 3. The molecular weight excluding hydrogens is 841 g/mol. The summed E-state index contributed by atoms with van der Waals surface area (Å²) < 4.78 is 64.4. The Hall–Kier alpha value is -3.05. The smallest absolute Gasteiger partial charge is 0.456 e. The summed E-state index contributed by atoms with van der Waals surface area (Å²) in [7, 11) is -16.7. The summed E-state index contributed by atoms with van der Waals surface area (Å²) in [5.74, 6) is 21.4. The highest BCUT2D eigenvalue weighted by molar-refractivity contribution is 7.47. The lowest BCUT2D eigenvalue weighted by atomic mass is 9.85. The maximum absolute atomic E-state index is 13.0. The summed E-state index contributed by atoms with van der Waals surface area (Å²) in [6, 6.07) is 0. The highest BCUT2D eigenvalue weighted by Crippen LogP contribution is 2.51. The molecular formula is C37H53O19P3. The lowest BCUT2D eigenvalue weighted by molar-refractivity contribution is -0.213. The van der Waals surface area contributed by atoms with Gasteiger partial charge in [-0.05, 0) is 60.7 Å². The molecule has 8 atom stereocenters. The first-order valence-corrected chi connectivity index (χ1v) is 23.3. The molecule has 1 rings (SSSR count). The Morgan fingerprint density at radius 3 is 1.42 bits per heavy atom. The Morgan fingerprint density at radius 1 is 0.576 bits per heavy atom. The van der Waals surface area contributed by atoms with Gasteiger partial charge in [-0.3, -0.25) is 22.9 Å². The van der Waals surface area contributed by atoms with Gasteiger partial charge in [0.05, 0.1) is 6.61 Å². The number of carbonyl (C=O) groups excluding carboxylic acids is 2. The Balaban J connectivity index is 2.96. The summed E-state index contributed by atoms with van der Waals surface area (Å²) in [5, 5.41) is 31.6. The first-order chi connectivity index (χ1) is 27.8. The largest absolute Gasteiger partial charge is 0.472 e. The van der Waals surface area contributed by atoms with E-state index in [1.54, 1.807) is 6.92 Å². The second-order valence-corrected chi connectivity index (χ2v) is 16.8. The van der Waals surface area contributed by atoms with E-state index in [1.807, 2.05) is 5.92 Å². The monoisotopic (exact) mass is 894 g/mol. The Kier molecular flexibility index (Phi) is 26.8. The van der Waals surface area contributed by atoms with Crippen molar-refractivity contribution >= 4 is 35.4 Å². The lowest BCUT2D eigenvalue weighted by Gasteiger charge is -2.44. The molecule has 330 valence electrons. The van der Waals surface area contributed by atoms with Crippen LogP contribution in [-0.4, -0.2) is 108 Å². The minimum Gasteiger partial charge on any atom is -0.456 e. The molecule has 1 aliphatic carbocycles. The van der Waals surface area contributed by atoms with E-state index in [9.17, 15) is 63.1 Å². The first kappa shape index (κ1) is 54.0. The maximum atomic E-state index is 13.0. The van der Waals surface area contributed by atoms with Crippen molar-refractivity contribution < 1.29 is 90.6 Å². The summed E-state index contributed by atoms with van der Waals surface area (Å²) >= 11 is 0. The van der Waals surface area contributed by atoms with Crippen LogP contribution in [0.1, 0.15) is 104 Å². The molecule has 4 unspecified atom stereocenters. The van der Waals surface area contributed by atoms with E-state index < -0.39 is 91.3 Å². The quantitative estimate of drug-likeness (QED) is 0.0203. The van der Waals surface area contributed by atoms with Gasteiger partial charge in [-0.15, -0.1) is 0 Å². The summed E-state index contributed by atoms with van der Waals surface area (Å²) in [5.41, 5.74) is 0. The number of hydrogen-bond donors (Lipinski definition) is 8. The summed E-state index contributed by atoms with van der Waals surface area (Å²) in [6.07, 6.45) is -2.96. The molecule has 0 aromatic carbocycles. The maximum Gasteiger partial charge on any atom is 0.472 e. The third-order valence-corrected chi connectivity index (χ3v) is 10.1. The van der Waals surface area contributed by atoms with E-state index in [1.165, 1.54) is 44.9 Å². The standard InChI is InChI=1S/C37H53O19P3/c1-3-5-7-9-11-13-14-15-16-18-20-22-24-26-31(39)53-29(27-51-30(38)25-23-21-19-17-12-10-8-6-4-2)28-52-59(49,50)56-37-33(41)35(54-57(43,44)45)32(40)36(34(37)42)55-58(46,47)48/h29,32-37,40-42H,3,5,7,9,11,13-16,18,20,22,24,26-28H2,1-2H3,(H,49,50)(H2,43,44,45)(H2,46,47,48)/t29-,32?,33+,34?,35+,36-,37?/m0/s1. The minimum atomic E-state index is -5.57. The van der Waals surface area contributed by atoms with Gasteiger partial charge in [0, 0.05) is 12.3 Å². The zero-order valence-electron chi connectivity index (χ0n) is 32.8. The van der Waals surface area contributed by atoms with Crippen LogP contribution in [0, 0.1) is 59.2 Å². The number of aliphatic hydroxyl groups is 3. The molecule has 0 aliphatic heterocycles. The van der Waals surface area contributed by atoms with Gasteiger partial charge in [-0.2, -0.15) is 0 Å². The molecule has 19 nitrogen and oxygen atoms in total. The van der Waals surface area contributed by atoms with Gasteiger partial charge in [0.1, 0.15) is 43.2 Å². The van der Waals surface area contributed by atoms with Crippen LogP contribution in [0.2, 0.25) is 0 Å². The minimum absolute atomic E-state index is 0.0774. The van der Waals surface area contributed by atoms with Crippen LogP contribution in [0.25, 0.3) is 0 Å². The number of phosphoric ester groups is 3. The summed E-state index contributed by atoms with van der Waals surface area (Å²) in [6.45, 7) is 1.96. The molecule has 1 fully saturated rings. The Morgan fingerprint density at radius 2 is 0.983 bits per heavy atom. The van der Waals surface area contributed by atoms with Gasteiger partial charge in [-0.25, -0.2) is 18.5 Å². The van der Waals surface area contributed by atoms with Crippen molar-refractivity contribution in [3.63, 3.8) is 0 Å². The van der Waals surface area contributed by atoms with E-state index in [-0.39, 0.29) is 6.42 Å². The van der Waals surface area contributed by atoms with Crippen molar-refractivity contribution in [1.82, 2.24) is 0 Å². The van der Waals surface area contributed by atoms with Gasteiger partial charge in [0.25, 0.3) is 0 Å². The number of rotatable bonds is 26. The molecule has 22 heteroatoms. The molecule has 0 radical (unpaired) electrons. The third-order valence-electron chi connectivity index (χ3n) is 8.13. The zero-order valence-corrected chi connectivity index (χ0v) is 35.4. The molecule has 0 aromatic heterocycles. The number of unbranched alkanes of at least 4 members (excludes halogenated alkanes) is 12. The van der Waals surface area contributed by atoms with Crippen molar-refractivity contribution in [3.8, 4) is 59.2 Å². The molecule has 59 heavy (non-hydrogen) atoms. The van der Waals surface area contributed by atoms with Gasteiger partial charge in [0.2, 0.25) is 0 Å². The lowest BCUT2D eigenvalue weighted by Crippen LogP contribution is -2.65. The summed E-state index contributed by atoms with van der Waals surface area (Å²) in [4.78, 5) is 72.3. The van der Waals surface area contributed by atoms with E-state index in [2.05, 4.69) is 69.3 Å². The van der Waals surface area contributed by atoms with Crippen LogP contribution in [0.5, 0.6) is 0 Å². The number of phosphoric acid groups is 3. The Labute approximate surface area is 344 Å². The predicted molar refractivity (Wildman–Crippen MR) is 208 cm³/mol. The fourth-order valence-corrected chi connectivity index (χ4v) is 7.51. The first-order valence-electron chi connectivity index (χ1n) is 18.8. The average molecular weight is 895 g/mol. The van der Waals surface area contributed by atoms with Crippen LogP contribution in [-0.2, 0) is 50.9 Å². The Bertz CT molecular complexity index is 1750. The van der Waals surface area contributed by atoms with Crippen molar-refractivity contribution in [3.05, 3.63) is 0 Å². The van der Waals surface area contributed by atoms with Crippen LogP contribution in [0.15, 0.2) is 0 Å². The second kappa shape index (κ2) is 29.2. The van der Waals surface area contributed by atoms with Crippen molar-refractivity contribution in [2.45, 2.75) is 146 Å². The number of ether oxygens (including phenoxy) is 2. The number of hydrogen-bond acceptors (Lipinski definition) is 14. The highest BCUT2D eigenvalue weighted by atomic mass is 31.2. The van der Waals surface area contributed by atoms with E-state index in [4.69, 9.17) is 18.5 Å². The van der Waals surface area contributed by atoms with Crippen LogP contribution < -0.4 is 0 Å². The van der Waals surface area contributed by atoms with Gasteiger partial charge >= 0.3 is 35.4 Å². The average Bonchev–Trinajstić information content (AvgIpc) is 3.15. The van der Waals surface area contributed by atoms with Crippen LogP contribution in [0.3, 0.4) is 0 Å². The molecule has 0 spiro atoms. The predicted octanol–water partition coefficient (Wildman–Crippen LogP) is 2.51. The number of esters is 2. The SMILES string of the molecule is CC#CC#CC#CC#CC#CC(=O)OC[C@@H](COP(=O)(O)OC1C(O)[C@@H](OP(=O)(O)O)C(O)[C@@H](OP(=O)(O)O)[C@H]1O)OC(=O)CCCCCCCCCCCCCCC. The van der Waals surface area contributed by atoms with E-state index in [0.29, 0.717) is 12.8 Å². The molecule has 0 amide bonds. The normalized spacial score (nSPS) is 21.5. The molecule has 0 saturated heterocycles. The third kappa shape index (κ3) is 26.0. The molecule has 0 aromatic rings. The van der Waals surface area contributed by atoms with Crippen LogP contribution in [0.4, 0.5) is 0 Å². The fraction of sp³-hybridized carbons (Fsp3) is 0.676. The topological polar surface area (TPSA) is 303 Å². The zero-order chi connectivity index (χ0) is 44.3. The van der Waals surface area contributed by atoms with Crippen LogP contribution >= 0.6 is 23.5 Å². The molecule has 8 N–H and O–H groups in total. The number of carbonyl (C=O) groups is 2. The van der Waals surface area contributed by atoms with Crippen molar-refractivity contribution in [1.29, 1.82) is 0 Å². The molecule has 0 heterocycles. The molecule has 1 saturated carbocycles. The van der Waals surface area contributed by atoms with Crippen molar-refractivity contribution in [2.75, 3.05) is 13.2 Å². The highest BCUT2D eigenvalue weighted by Gasteiger charge is 2.56. The molecule has 0 bridgehead atoms. The van der Waals surface area contributed by atoms with Gasteiger partial charge in [-0.1, -0.05) is 89.9 Å². The van der Waals surface area contributed by atoms with Gasteiger partial charge in [0.15, 0.2) is 6.10 Å². The second-order valence-electron chi connectivity index (χ2n) is 13.0. The van der Waals surface area contributed by atoms with E-state index in [0.717, 1.165) is 25.7 Å². The van der Waals surface area contributed by atoms with Gasteiger partial charge < -0.3 is 49.3 Å².